The highest BCUT2D eigenvalue weighted by Gasteiger charge is 2.36. The van der Waals surface area contributed by atoms with Gasteiger partial charge in [0.15, 0.2) is 0 Å². The van der Waals surface area contributed by atoms with E-state index in [0.717, 1.165) is 13.1 Å². The first-order chi connectivity index (χ1) is 8.64. The highest BCUT2D eigenvalue weighted by molar-refractivity contribution is 5.85. The zero-order valence-electron chi connectivity index (χ0n) is 12.3. The standard InChI is InChI=1S/C13H25N3O2.2ClH/c1-16(2)13(5-3-4-6-13)10-15-12(17)11-9-18-8-7-14-11;;/h11,14H,3-10H2,1-2H3,(H,15,17);2*1H. The molecule has 120 valence electrons. The summed E-state index contributed by atoms with van der Waals surface area (Å²) in [4.78, 5) is 14.3. The van der Waals surface area contributed by atoms with Crippen molar-refractivity contribution in [3.05, 3.63) is 0 Å². The Kier molecular flexibility index (Phi) is 9.02. The van der Waals surface area contributed by atoms with Crippen LogP contribution in [0.3, 0.4) is 0 Å². The number of likely N-dealkylation sites (N-methyl/N-ethyl adjacent to an activating group) is 1. The molecule has 7 heteroatoms. The number of hydrogen-bond donors (Lipinski definition) is 2. The van der Waals surface area contributed by atoms with Crippen molar-refractivity contribution in [3.8, 4) is 0 Å². The van der Waals surface area contributed by atoms with E-state index >= 15 is 0 Å². The van der Waals surface area contributed by atoms with Gasteiger partial charge in [-0.2, -0.15) is 0 Å². The van der Waals surface area contributed by atoms with Crippen molar-refractivity contribution < 1.29 is 9.53 Å². The number of nitrogens with zero attached hydrogens (tertiary/aromatic N) is 1. The zero-order chi connectivity index (χ0) is 13.0. The van der Waals surface area contributed by atoms with E-state index in [1.54, 1.807) is 0 Å². The molecule has 1 atom stereocenters. The number of morpholine rings is 1. The van der Waals surface area contributed by atoms with E-state index < -0.39 is 0 Å². The Bertz CT molecular complexity index is 291. The molecule has 1 heterocycles. The molecule has 2 rings (SSSR count). The van der Waals surface area contributed by atoms with E-state index in [4.69, 9.17) is 4.74 Å². The smallest absolute Gasteiger partial charge is 0.239 e. The quantitative estimate of drug-likeness (QED) is 0.802. The van der Waals surface area contributed by atoms with Crippen LogP contribution in [0.1, 0.15) is 25.7 Å². The molecule has 20 heavy (non-hydrogen) atoms. The van der Waals surface area contributed by atoms with Gasteiger partial charge in [0.1, 0.15) is 6.04 Å². The van der Waals surface area contributed by atoms with Crippen LogP contribution in [0.4, 0.5) is 0 Å². The lowest BCUT2D eigenvalue weighted by Gasteiger charge is -2.37. The summed E-state index contributed by atoms with van der Waals surface area (Å²) in [5, 5.41) is 6.28. The zero-order valence-corrected chi connectivity index (χ0v) is 13.9. The summed E-state index contributed by atoms with van der Waals surface area (Å²) in [6, 6.07) is -0.181. The number of nitrogens with one attached hydrogen (secondary N) is 2. The molecule has 0 aromatic carbocycles. The van der Waals surface area contributed by atoms with Gasteiger partial charge in [-0.25, -0.2) is 0 Å². The van der Waals surface area contributed by atoms with Crippen LogP contribution in [0.2, 0.25) is 0 Å². The molecule has 1 aliphatic heterocycles. The van der Waals surface area contributed by atoms with E-state index in [9.17, 15) is 4.79 Å². The molecule has 0 aromatic rings. The molecule has 0 spiro atoms. The van der Waals surface area contributed by atoms with Crippen molar-refractivity contribution in [1.29, 1.82) is 0 Å². The lowest BCUT2D eigenvalue weighted by molar-refractivity contribution is -0.126. The average molecular weight is 328 g/mol. The van der Waals surface area contributed by atoms with Crippen molar-refractivity contribution in [3.63, 3.8) is 0 Å². The van der Waals surface area contributed by atoms with Crippen LogP contribution < -0.4 is 10.6 Å². The Morgan fingerprint density at radius 3 is 2.50 bits per heavy atom. The van der Waals surface area contributed by atoms with Gasteiger partial charge in [-0.3, -0.25) is 4.79 Å². The topological polar surface area (TPSA) is 53.6 Å². The van der Waals surface area contributed by atoms with Crippen LogP contribution in [0.5, 0.6) is 0 Å². The Hall–Kier alpha value is -0.0700. The van der Waals surface area contributed by atoms with E-state index in [1.165, 1.54) is 25.7 Å². The van der Waals surface area contributed by atoms with Gasteiger partial charge in [-0.15, -0.1) is 24.8 Å². The molecular weight excluding hydrogens is 301 g/mol. The van der Waals surface area contributed by atoms with Gasteiger partial charge in [0, 0.05) is 18.6 Å². The molecule has 1 saturated carbocycles. The lowest BCUT2D eigenvalue weighted by Crippen LogP contribution is -2.56. The summed E-state index contributed by atoms with van der Waals surface area (Å²) >= 11 is 0. The average Bonchev–Trinajstić information content (AvgIpc) is 2.87. The van der Waals surface area contributed by atoms with E-state index in [-0.39, 0.29) is 42.3 Å². The minimum atomic E-state index is -0.181. The molecule has 0 bridgehead atoms. The minimum Gasteiger partial charge on any atom is -0.378 e. The maximum atomic E-state index is 12.0. The first kappa shape index (κ1) is 19.9. The van der Waals surface area contributed by atoms with Crippen LogP contribution in [0.15, 0.2) is 0 Å². The molecular formula is C13H27Cl2N3O2. The van der Waals surface area contributed by atoms with Gasteiger partial charge >= 0.3 is 0 Å². The molecule has 1 aliphatic carbocycles. The Morgan fingerprint density at radius 2 is 2.00 bits per heavy atom. The third-order valence-corrected chi connectivity index (χ3v) is 4.31. The van der Waals surface area contributed by atoms with Crippen molar-refractivity contribution in [2.24, 2.45) is 0 Å². The van der Waals surface area contributed by atoms with Gasteiger partial charge in [0.2, 0.25) is 5.91 Å². The third kappa shape index (κ3) is 4.74. The van der Waals surface area contributed by atoms with Crippen molar-refractivity contribution in [2.75, 3.05) is 40.4 Å². The molecule has 5 nitrogen and oxygen atoms in total. The second-order valence-corrected chi connectivity index (χ2v) is 5.63. The number of carbonyl (C=O) groups is 1. The van der Waals surface area contributed by atoms with Crippen LogP contribution in [-0.2, 0) is 9.53 Å². The van der Waals surface area contributed by atoms with Gasteiger partial charge in [0.05, 0.1) is 13.2 Å². The van der Waals surface area contributed by atoms with Crippen LogP contribution in [0.25, 0.3) is 0 Å². The second kappa shape index (κ2) is 9.05. The van der Waals surface area contributed by atoms with E-state index in [0.29, 0.717) is 13.2 Å². The summed E-state index contributed by atoms with van der Waals surface area (Å²) in [6.07, 6.45) is 4.88. The van der Waals surface area contributed by atoms with Gasteiger partial charge in [-0.05, 0) is 26.9 Å². The number of carbonyl (C=O) groups excluding carboxylic acids is 1. The molecule has 2 aliphatic rings. The van der Waals surface area contributed by atoms with Crippen LogP contribution in [0, 0.1) is 0 Å². The molecule has 0 radical (unpaired) electrons. The fourth-order valence-electron chi connectivity index (χ4n) is 2.92. The SMILES string of the molecule is CN(C)C1(CNC(=O)C2COCCN2)CCCC1.Cl.Cl. The molecule has 0 aromatic heterocycles. The van der Waals surface area contributed by atoms with Gasteiger partial charge in [0.25, 0.3) is 0 Å². The maximum absolute atomic E-state index is 12.0. The summed E-state index contributed by atoms with van der Waals surface area (Å²) in [5.74, 6) is 0.0721. The molecule has 1 saturated heterocycles. The lowest BCUT2D eigenvalue weighted by atomic mass is 9.96. The molecule has 2 N–H and O–H groups in total. The fraction of sp³-hybridized carbons (Fsp3) is 0.923. The highest BCUT2D eigenvalue weighted by atomic mass is 35.5. The monoisotopic (exact) mass is 327 g/mol. The first-order valence-corrected chi connectivity index (χ1v) is 6.90. The number of amides is 1. The second-order valence-electron chi connectivity index (χ2n) is 5.63. The Balaban J connectivity index is 0.00000180. The van der Waals surface area contributed by atoms with Crippen molar-refractivity contribution in [1.82, 2.24) is 15.5 Å². The summed E-state index contributed by atoms with van der Waals surface area (Å²) in [7, 11) is 4.22. The number of halogens is 2. The first-order valence-electron chi connectivity index (χ1n) is 6.90. The molecule has 2 fully saturated rings. The van der Waals surface area contributed by atoms with E-state index in [1.807, 2.05) is 0 Å². The third-order valence-electron chi connectivity index (χ3n) is 4.31. The summed E-state index contributed by atoms with van der Waals surface area (Å²) in [6.45, 7) is 2.69. The maximum Gasteiger partial charge on any atom is 0.239 e. The number of hydrogen-bond acceptors (Lipinski definition) is 4. The summed E-state index contributed by atoms with van der Waals surface area (Å²) in [5.41, 5.74) is 0.158. The van der Waals surface area contributed by atoms with Crippen molar-refractivity contribution >= 4 is 30.7 Å². The normalized spacial score (nSPS) is 24.6. The van der Waals surface area contributed by atoms with Gasteiger partial charge in [-0.1, -0.05) is 12.8 Å². The van der Waals surface area contributed by atoms with Crippen LogP contribution >= 0.6 is 24.8 Å². The predicted molar refractivity (Wildman–Crippen MR) is 85.0 cm³/mol. The van der Waals surface area contributed by atoms with Gasteiger partial charge < -0.3 is 20.3 Å². The number of ether oxygens (including phenoxy) is 1. The highest BCUT2D eigenvalue weighted by Crippen LogP contribution is 2.33. The van der Waals surface area contributed by atoms with Crippen molar-refractivity contribution in [2.45, 2.75) is 37.3 Å². The minimum absolute atomic E-state index is 0. The fourth-order valence-corrected chi connectivity index (χ4v) is 2.92. The van der Waals surface area contributed by atoms with Crippen LogP contribution in [-0.4, -0.2) is 62.8 Å². The molecule has 1 unspecified atom stereocenters. The largest absolute Gasteiger partial charge is 0.378 e. The molecule has 1 amide bonds. The van der Waals surface area contributed by atoms with E-state index in [2.05, 4.69) is 29.6 Å². The summed E-state index contributed by atoms with van der Waals surface area (Å²) < 4.78 is 5.31. The predicted octanol–water partition coefficient (Wildman–Crippen LogP) is 0.809. The Labute approximate surface area is 134 Å². The Morgan fingerprint density at radius 1 is 1.35 bits per heavy atom. The number of rotatable bonds is 4.